The quantitative estimate of drug-likeness (QED) is 0.242. The minimum absolute atomic E-state index is 0.105. The van der Waals surface area contributed by atoms with Gasteiger partial charge in [-0.2, -0.15) is 13.2 Å². The number of nitrogens with one attached hydrogen (secondary N) is 1. The average Bonchev–Trinajstić information content (AvgIpc) is 3.24. The second-order valence-corrected chi connectivity index (χ2v) is 7.57. The summed E-state index contributed by atoms with van der Waals surface area (Å²) in [7, 11) is 0. The first-order chi connectivity index (χ1) is 16.6. The molecule has 11 heteroatoms. The zero-order chi connectivity index (χ0) is 25.2. The van der Waals surface area contributed by atoms with Crippen LogP contribution < -0.4 is 11.1 Å². The molecule has 4 rings (SSSR count). The van der Waals surface area contributed by atoms with Gasteiger partial charge in [0.15, 0.2) is 6.29 Å². The summed E-state index contributed by atoms with van der Waals surface area (Å²) in [6.07, 6.45) is -1.01. The van der Waals surface area contributed by atoms with Crippen molar-refractivity contribution in [2.45, 2.75) is 19.0 Å². The first-order valence-electron chi connectivity index (χ1n) is 10.2. The molecule has 1 aromatic carbocycles. The molecule has 0 atom stereocenters. The van der Waals surface area contributed by atoms with Crippen molar-refractivity contribution in [1.29, 1.82) is 0 Å². The van der Waals surface area contributed by atoms with E-state index in [1.807, 2.05) is 0 Å². The summed E-state index contributed by atoms with van der Waals surface area (Å²) in [5, 5.41) is 21.1. The molecule has 0 spiro atoms. The third-order valence-corrected chi connectivity index (χ3v) is 5.03. The summed E-state index contributed by atoms with van der Waals surface area (Å²) in [5.74, 6) is -0.00531. The van der Waals surface area contributed by atoms with E-state index in [0.717, 1.165) is 6.07 Å². The van der Waals surface area contributed by atoms with E-state index in [1.54, 1.807) is 12.1 Å². The molecule has 180 valence electrons. The molecule has 0 aliphatic rings. The van der Waals surface area contributed by atoms with Crippen molar-refractivity contribution in [3.8, 4) is 11.3 Å². The summed E-state index contributed by atoms with van der Waals surface area (Å²) >= 11 is 0. The van der Waals surface area contributed by atoms with Crippen LogP contribution in [0, 0.1) is 0 Å². The molecule has 3 heterocycles. The fourth-order valence-electron chi connectivity index (χ4n) is 3.30. The van der Waals surface area contributed by atoms with Gasteiger partial charge in [-0.15, -0.1) is 0 Å². The van der Waals surface area contributed by atoms with E-state index in [1.165, 1.54) is 48.8 Å². The van der Waals surface area contributed by atoms with Crippen LogP contribution in [0.1, 0.15) is 28.7 Å². The fraction of sp³-hybridized carbons (Fsp3) is 0.125. The van der Waals surface area contributed by atoms with Gasteiger partial charge >= 0.3 is 6.18 Å². The molecule has 0 bridgehead atoms. The van der Waals surface area contributed by atoms with Crippen LogP contribution in [0.15, 0.2) is 65.4 Å². The highest BCUT2D eigenvalue weighted by molar-refractivity contribution is 5.92. The number of benzene rings is 1. The van der Waals surface area contributed by atoms with Gasteiger partial charge in [-0.1, -0.05) is 6.07 Å². The number of hydrogen-bond acceptors (Lipinski definition) is 7. The molecule has 3 aromatic heterocycles. The minimum Gasteiger partial charge on any atom is -0.459 e. The Bertz CT molecular complexity index is 1380. The Labute approximate surface area is 196 Å². The lowest BCUT2D eigenvalue weighted by atomic mass is 10.0. The Hall–Kier alpha value is -4.22. The Balaban J connectivity index is 1.57. The number of nitrogen functional groups attached to an aromatic ring is 1. The summed E-state index contributed by atoms with van der Waals surface area (Å²) in [6, 6.07) is 9.80. The van der Waals surface area contributed by atoms with Crippen molar-refractivity contribution in [2.24, 2.45) is 0 Å². The van der Waals surface area contributed by atoms with Gasteiger partial charge < -0.3 is 25.7 Å². The Morgan fingerprint density at radius 3 is 2.54 bits per heavy atom. The molecule has 5 N–H and O–H groups in total. The van der Waals surface area contributed by atoms with Crippen LogP contribution in [0.4, 0.5) is 19.0 Å². The topological polar surface area (TPSA) is 134 Å². The molecular formula is C24H19F3N4O4. The van der Waals surface area contributed by atoms with Crippen molar-refractivity contribution >= 4 is 28.8 Å². The first kappa shape index (κ1) is 23.9. The van der Waals surface area contributed by atoms with E-state index in [0.29, 0.717) is 11.4 Å². The molecule has 1 amide bonds. The van der Waals surface area contributed by atoms with Crippen LogP contribution in [0.2, 0.25) is 0 Å². The lowest BCUT2D eigenvalue weighted by Crippen LogP contribution is -2.19. The third kappa shape index (κ3) is 5.65. The summed E-state index contributed by atoms with van der Waals surface area (Å²) in [6.45, 7) is -0.133. The molecule has 35 heavy (non-hydrogen) atoms. The second-order valence-electron chi connectivity index (χ2n) is 7.57. The van der Waals surface area contributed by atoms with Crippen LogP contribution in [0.3, 0.4) is 0 Å². The van der Waals surface area contributed by atoms with Gasteiger partial charge in [0.1, 0.15) is 17.2 Å². The molecule has 8 nitrogen and oxygen atoms in total. The summed E-state index contributed by atoms with van der Waals surface area (Å²) in [5.41, 5.74) is 5.28. The Kier molecular flexibility index (Phi) is 6.54. The number of nitrogens with zero attached hydrogens (tertiary/aromatic N) is 2. The number of aliphatic hydroxyl groups excluding tert-OH is 1. The normalized spacial score (nSPS) is 12.1. The van der Waals surface area contributed by atoms with E-state index in [2.05, 4.69) is 15.3 Å². The van der Waals surface area contributed by atoms with Crippen molar-refractivity contribution in [2.75, 3.05) is 5.73 Å². The zero-order valence-corrected chi connectivity index (χ0v) is 18.0. The van der Waals surface area contributed by atoms with Gasteiger partial charge in [0.05, 0.1) is 17.8 Å². The second kappa shape index (κ2) is 9.57. The maximum atomic E-state index is 13.8. The van der Waals surface area contributed by atoms with E-state index >= 15 is 0 Å². The van der Waals surface area contributed by atoms with Crippen LogP contribution in [-0.4, -0.2) is 26.1 Å². The maximum Gasteiger partial charge on any atom is 0.420 e. The molecule has 4 aromatic rings. The highest BCUT2D eigenvalue weighted by atomic mass is 19.4. The largest absolute Gasteiger partial charge is 0.459 e. The number of alkyl halides is 3. The van der Waals surface area contributed by atoms with Gasteiger partial charge in [-0.25, -0.2) is 4.98 Å². The van der Waals surface area contributed by atoms with E-state index in [-0.39, 0.29) is 40.1 Å². The number of anilines is 1. The number of pyridine rings is 2. The monoisotopic (exact) mass is 484 g/mol. The molecule has 0 fully saturated rings. The van der Waals surface area contributed by atoms with Crippen molar-refractivity contribution in [3.05, 3.63) is 83.4 Å². The highest BCUT2D eigenvalue weighted by Gasteiger charge is 2.35. The van der Waals surface area contributed by atoms with Gasteiger partial charge in [-0.3, -0.25) is 9.78 Å². The number of furan rings is 1. The number of aromatic nitrogens is 2. The number of carbonyl (C=O) groups is 1. The lowest BCUT2D eigenvalue weighted by Gasteiger charge is -2.10. The zero-order valence-electron chi connectivity index (χ0n) is 18.0. The molecule has 0 aliphatic heterocycles. The van der Waals surface area contributed by atoms with Crippen molar-refractivity contribution in [1.82, 2.24) is 15.3 Å². The smallest absolute Gasteiger partial charge is 0.420 e. The van der Waals surface area contributed by atoms with Crippen molar-refractivity contribution < 1.29 is 32.6 Å². The van der Waals surface area contributed by atoms with E-state index < -0.39 is 23.9 Å². The Morgan fingerprint density at radius 1 is 1.11 bits per heavy atom. The average molecular weight is 484 g/mol. The van der Waals surface area contributed by atoms with Crippen LogP contribution >= 0.6 is 0 Å². The molecule has 0 saturated heterocycles. The number of halogens is 3. The van der Waals surface area contributed by atoms with Crippen LogP contribution in [-0.2, 0) is 17.5 Å². The minimum atomic E-state index is -4.70. The first-order valence-corrected chi connectivity index (χ1v) is 10.2. The number of amides is 1. The fourth-order valence-corrected chi connectivity index (χ4v) is 3.30. The number of hydrogen-bond donors (Lipinski definition) is 4. The summed E-state index contributed by atoms with van der Waals surface area (Å²) in [4.78, 5) is 20.0. The summed E-state index contributed by atoms with van der Waals surface area (Å²) < 4.78 is 46.7. The Morgan fingerprint density at radius 2 is 1.91 bits per heavy atom. The number of nitrogens with two attached hydrogens (primary N) is 1. The van der Waals surface area contributed by atoms with Crippen LogP contribution in [0.5, 0.6) is 0 Å². The number of fused-ring (bicyclic) bond motifs is 1. The predicted molar refractivity (Wildman–Crippen MR) is 121 cm³/mol. The predicted octanol–water partition coefficient (Wildman–Crippen LogP) is 3.80. The van der Waals surface area contributed by atoms with Gasteiger partial charge in [0, 0.05) is 35.0 Å². The van der Waals surface area contributed by atoms with Gasteiger partial charge in [0.25, 0.3) is 0 Å². The molecular weight excluding hydrogens is 465 g/mol. The number of rotatable bonds is 6. The third-order valence-electron chi connectivity index (χ3n) is 5.03. The van der Waals surface area contributed by atoms with E-state index in [4.69, 9.17) is 10.2 Å². The molecule has 0 radical (unpaired) electrons. The van der Waals surface area contributed by atoms with Crippen LogP contribution in [0.25, 0.3) is 28.3 Å². The molecule has 0 aliphatic carbocycles. The van der Waals surface area contributed by atoms with Gasteiger partial charge in [-0.05, 0) is 48.0 Å². The molecule has 0 unspecified atom stereocenters. The van der Waals surface area contributed by atoms with Gasteiger partial charge in [0.2, 0.25) is 5.91 Å². The standard InChI is InChI=1S/C24H19F3N4O4/c25-24(26,27)18-9-15(19-4-3-14(11-29-19)23(33)34)7-16-8-17(35-22(16)18)12-31-21(32)6-2-13-1-5-20(28)30-10-13/h1-11,23,33-34H,12H2,(H2,28,30)(H,31,32)/b6-2+. The SMILES string of the molecule is Nc1ccc(/C=C/C(=O)NCc2cc3cc(-c4ccc(C(O)O)cn4)cc(C(F)(F)F)c3o2)cn1. The molecule has 0 saturated carbocycles. The number of aliphatic hydroxyl groups is 2. The highest BCUT2D eigenvalue weighted by Crippen LogP contribution is 2.39. The lowest BCUT2D eigenvalue weighted by molar-refractivity contribution is -0.136. The van der Waals surface area contributed by atoms with Crippen molar-refractivity contribution in [3.63, 3.8) is 0 Å². The van der Waals surface area contributed by atoms with E-state index in [9.17, 15) is 28.2 Å². The maximum absolute atomic E-state index is 13.8. The number of carbonyl (C=O) groups excluding carboxylic acids is 1.